The van der Waals surface area contributed by atoms with Crippen LogP contribution in [0.1, 0.15) is 31.9 Å². The van der Waals surface area contributed by atoms with Crippen LogP contribution >= 0.6 is 11.3 Å². The van der Waals surface area contributed by atoms with E-state index < -0.39 is 16.1 Å². The smallest absolute Gasteiger partial charge is 0.250 e. The van der Waals surface area contributed by atoms with Gasteiger partial charge in [0.05, 0.1) is 0 Å². The molecule has 0 radical (unpaired) electrons. The highest BCUT2D eigenvalue weighted by Gasteiger charge is 2.28. The molecule has 1 heterocycles. The molecule has 0 aliphatic carbocycles. The summed E-state index contributed by atoms with van der Waals surface area (Å²) in [6.07, 6.45) is 0.965. The Hall–Kier alpha value is -1.70. The van der Waals surface area contributed by atoms with Gasteiger partial charge in [-0.25, -0.2) is 8.42 Å². The van der Waals surface area contributed by atoms with Crippen molar-refractivity contribution >= 4 is 27.3 Å². The monoisotopic (exact) mass is 380 g/mol. The summed E-state index contributed by atoms with van der Waals surface area (Å²) in [7, 11) is -3.69. The number of aryl methyl sites for hydroxylation is 1. The number of hydrogen-bond acceptors (Lipinski definition) is 4. The Kier molecular flexibility index (Phi) is 6.75. The molecule has 1 aromatic carbocycles. The molecule has 136 valence electrons. The highest BCUT2D eigenvalue weighted by atomic mass is 32.2. The van der Waals surface area contributed by atoms with E-state index in [0.717, 1.165) is 23.3 Å². The molecule has 0 aliphatic rings. The third-order valence-corrected chi connectivity index (χ3v) is 6.73. The van der Waals surface area contributed by atoms with E-state index in [1.165, 1.54) is 11.6 Å². The average molecular weight is 381 g/mol. The largest absolute Gasteiger partial charge is 0.351 e. The third-order valence-electron chi connectivity index (χ3n) is 3.89. The number of carbonyl (C=O) groups is 1. The summed E-state index contributed by atoms with van der Waals surface area (Å²) in [6, 6.07) is 10.4. The predicted molar refractivity (Wildman–Crippen MR) is 101 cm³/mol. The fraction of sp³-hybridized carbons (Fsp3) is 0.389. The van der Waals surface area contributed by atoms with Crippen molar-refractivity contribution < 1.29 is 13.2 Å². The molecule has 0 saturated carbocycles. The van der Waals surface area contributed by atoms with E-state index in [1.54, 1.807) is 11.4 Å². The van der Waals surface area contributed by atoms with Crippen molar-refractivity contribution in [2.75, 3.05) is 0 Å². The highest BCUT2D eigenvalue weighted by molar-refractivity contribution is 7.91. The van der Waals surface area contributed by atoms with Gasteiger partial charge in [-0.3, -0.25) is 4.79 Å². The molecule has 0 bridgehead atoms. The molecule has 0 fully saturated rings. The zero-order valence-electron chi connectivity index (χ0n) is 14.7. The van der Waals surface area contributed by atoms with Crippen LogP contribution in [0.2, 0.25) is 0 Å². The Balaban J connectivity index is 2.02. The first-order valence-electron chi connectivity index (χ1n) is 8.25. The SMILES string of the molecule is CCc1ccc(CNC(=O)[C@@H](NS(=O)(=O)c2cccs2)C(C)C)cc1. The second-order valence-electron chi connectivity index (χ2n) is 6.16. The van der Waals surface area contributed by atoms with E-state index in [0.29, 0.717) is 6.54 Å². The van der Waals surface area contributed by atoms with E-state index in [4.69, 9.17) is 0 Å². The number of nitrogens with one attached hydrogen (secondary N) is 2. The molecule has 2 N–H and O–H groups in total. The zero-order chi connectivity index (χ0) is 18.4. The zero-order valence-corrected chi connectivity index (χ0v) is 16.3. The summed E-state index contributed by atoms with van der Waals surface area (Å²) < 4.78 is 27.5. The van der Waals surface area contributed by atoms with Gasteiger partial charge >= 0.3 is 0 Å². The van der Waals surface area contributed by atoms with Gasteiger partial charge < -0.3 is 5.32 Å². The van der Waals surface area contributed by atoms with Crippen LogP contribution < -0.4 is 10.0 Å². The van der Waals surface area contributed by atoms with Gasteiger partial charge in [0.25, 0.3) is 10.0 Å². The van der Waals surface area contributed by atoms with E-state index in [1.807, 2.05) is 38.1 Å². The first kappa shape index (κ1) is 19.6. The highest BCUT2D eigenvalue weighted by Crippen LogP contribution is 2.17. The lowest BCUT2D eigenvalue weighted by Crippen LogP contribution is -2.49. The Morgan fingerprint density at radius 3 is 2.28 bits per heavy atom. The fourth-order valence-corrected chi connectivity index (χ4v) is 4.68. The second-order valence-corrected chi connectivity index (χ2v) is 9.05. The first-order chi connectivity index (χ1) is 11.8. The van der Waals surface area contributed by atoms with Gasteiger partial charge in [-0.1, -0.05) is 51.1 Å². The predicted octanol–water partition coefficient (Wildman–Crippen LogP) is 2.93. The summed E-state index contributed by atoms with van der Waals surface area (Å²) >= 11 is 1.13. The number of hydrogen-bond donors (Lipinski definition) is 2. The second kappa shape index (κ2) is 8.60. The molecule has 2 rings (SSSR count). The van der Waals surface area contributed by atoms with Crippen LogP contribution in [0.15, 0.2) is 46.0 Å². The molecule has 7 heteroatoms. The van der Waals surface area contributed by atoms with Crippen LogP contribution in [0.3, 0.4) is 0 Å². The quantitative estimate of drug-likeness (QED) is 0.739. The van der Waals surface area contributed by atoms with Crippen LogP contribution in [-0.4, -0.2) is 20.4 Å². The average Bonchev–Trinajstić information content (AvgIpc) is 3.13. The van der Waals surface area contributed by atoms with Crippen molar-refractivity contribution in [2.45, 2.75) is 44.0 Å². The van der Waals surface area contributed by atoms with Crippen LogP contribution in [0, 0.1) is 5.92 Å². The molecule has 1 atom stereocenters. The summed E-state index contributed by atoms with van der Waals surface area (Å²) in [5.74, 6) is -0.494. The van der Waals surface area contributed by atoms with Crippen LogP contribution in [0.5, 0.6) is 0 Å². The van der Waals surface area contributed by atoms with E-state index in [9.17, 15) is 13.2 Å². The first-order valence-corrected chi connectivity index (χ1v) is 10.6. The maximum atomic E-state index is 12.5. The lowest BCUT2D eigenvalue weighted by molar-refractivity contribution is -0.123. The lowest BCUT2D eigenvalue weighted by Gasteiger charge is -2.21. The maximum absolute atomic E-state index is 12.5. The minimum absolute atomic E-state index is 0.169. The number of thiophene rings is 1. The van der Waals surface area contributed by atoms with Gasteiger partial charge in [-0.2, -0.15) is 4.72 Å². The lowest BCUT2D eigenvalue weighted by atomic mass is 10.0. The van der Waals surface area contributed by atoms with Crippen LogP contribution in [-0.2, 0) is 27.8 Å². The standard InChI is InChI=1S/C18H24N2O3S2/c1-4-14-7-9-15(10-8-14)12-19-18(21)17(13(2)3)20-25(22,23)16-6-5-11-24-16/h5-11,13,17,20H,4,12H2,1-3H3,(H,19,21)/t17-/m0/s1. The van der Waals surface area contributed by atoms with Crippen molar-refractivity contribution in [3.8, 4) is 0 Å². The third kappa shape index (κ3) is 5.39. The molecule has 0 unspecified atom stereocenters. The van der Waals surface area contributed by atoms with Crippen molar-refractivity contribution in [1.29, 1.82) is 0 Å². The summed E-state index contributed by atoms with van der Waals surface area (Å²) in [6.45, 7) is 6.09. The minimum atomic E-state index is -3.69. The van der Waals surface area contributed by atoms with Crippen molar-refractivity contribution in [3.63, 3.8) is 0 Å². The Bertz CT molecular complexity index is 782. The van der Waals surface area contributed by atoms with Crippen molar-refractivity contribution in [2.24, 2.45) is 5.92 Å². The van der Waals surface area contributed by atoms with E-state index in [-0.39, 0.29) is 16.0 Å². The summed E-state index contributed by atoms with van der Waals surface area (Å²) in [4.78, 5) is 12.5. The molecular formula is C18H24N2O3S2. The van der Waals surface area contributed by atoms with Gasteiger partial charge in [0, 0.05) is 6.54 Å². The fourth-order valence-electron chi connectivity index (χ4n) is 2.33. The molecule has 2 aromatic rings. The van der Waals surface area contributed by atoms with Crippen molar-refractivity contribution in [1.82, 2.24) is 10.0 Å². The van der Waals surface area contributed by atoms with E-state index in [2.05, 4.69) is 17.0 Å². The summed E-state index contributed by atoms with van der Waals surface area (Å²) in [5.41, 5.74) is 2.22. The molecule has 1 aromatic heterocycles. The van der Waals surface area contributed by atoms with Crippen LogP contribution in [0.4, 0.5) is 0 Å². The normalized spacial score (nSPS) is 13.0. The topological polar surface area (TPSA) is 75.3 Å². The molecule has 5 nitrogen and oxygen atoms in total. The molecule has 0 aliphatic heterocycles. The number of carbonyl (C=O) groups excluding carboxylic acids is 1. The Morgan fingerprint density at radius 2 is 1.76 bits per heavy atom. The molecule has 0 spiro atoms. The molecule has 0 saturated heterocycles. The van der Waals surface area contributed by atoms with Crippen LogP contribution in [0.25, 0.3) is 0 Å². The molecule has 1 amide bonds. The number of rotatable bonds is 8. The van der Waals surface area contributed by atoms with Gasteiger partial charge in [0.15, 0.2) is 0 Å². The van der Waals surface area contributed by atoms with Gasteiger partial charge in [-0.05, 0) is 34.9 Å². The minimum Gasteiger partial charge on any atom is -0.351 e. The van der Waals surface area contributed by atoms with Gasteiger partial charge in [0.2, 0.25) is 5.91 Å². The molecule has 25 heavy (non-hydrogen) atoms. The Morgan fingerprint density at radius 1 is 1.12 bits per heavy atom. The summed E-state index contributed by atoms with van der Waals surface area (Å²) in [5, 5.41) is 4.52. The van der Waals surface area contributed by atoms with Crippen molar-refractivity contribution in [3.05, 3.63) is 52.9 Å². The van der Waals surface area contributed by atoms with E-state index >= 15 is 0 Å². The van der Waals surface area contributed by atoms with Gasteiger partial charge in [0.1, 0.15) is 10.3 Å². The number of amides is 1. The Labute approximate surface area is 153 Å². The maximum Gasteiger partial charge on any atom is 0.250 e. The number of sulfonamides is 1. The van der Waals surface area contributed by atoms with Gasteiger partial charge in [-0.15, -0.1) is 11.3 Å². The molecular weight excluding hydrogens is 356 g/mol. The number of benzene rings is 1.